The minimum absolute atomic E-state index is 0.138. The van der Waals surface area contributed by atoms with Crippen LogP contribution in [0.2, 0.25) is 0 Å². The molecule has 3 unspecified atom stereocenters. The molecule has 3 atom stereocenters. The van der Waals surface area contributed by atoms with Gasteiger partial charge in [0.15, 0.2) is 0 Å². The van der Waals surface area contributed by atoms with Crippen LogP contribution in [0.15, 0.2) is 17.1 Å². The largest absolute Gasteiger partial charge is 0.394 e. The summed E-state index contributed by atoms with van der Waals surface area (Å²) in [5, 5.41) is 18.4. The maximum absolute atomic E-state index is 11.5. The zero-order chi connectivity index (χ0) is 14.4. The number of nitrogen functional groups attached to an aromatic ring is 1. The van der Waals surface area contributed by atoms with Crippen molar-refractivity contribution in [2.75, 3.05) is 19.3 Å². The highest BCUT2D eigenvalue weighted by Crippen LogP contribution is 2.27. The SMILES string of the molecule is FCF.Nc1ccn(C2CC(O)C(CO)O2)c(=O)n1. The Morgan fingerprint density at radius 3 is 2.68 bits per heavy atom. The Kier molecular flexibility index (Phi) is 5.80. The van der Waals surface area contributed by atoms with Crippen LogP contribution < -0.4 is 11.4 Å². The number of aliphatic hydroxyl groups excluding tert-OH is 2. The molecule has 0 bridgehead atoms. The van der Waals surface area contributed by atoms with Crippen molar-refractivity contribution < 1.29 is 23.7 Å². The van der Waals surface area contributed by atoms with Gasteiger partial charge in [-0.15, -0.1) is 0 Å². The smallest absolute Gasteiger partial charge is 0.351 e. The van der Waals surface area contributed by atoms with E-state index in [1.807, 2.05) is 0 Å². The van der Waals surface area contributed by atoms with E-state index in [1.54, 1.807) is 0 Å². The second kappa shape index (κ2) is 7.12. The molecular formula is C10H15F2N3O4. The Bertz CT molecular complexity index is 457. The van der Waals surface area contributed by atoms with Crippen molar-refractivity contribution >= 4 is 5.82 Å². The molecule has 0 amide bonds. The highest BCUT2D eigenvalue weighted by atomic mass is 19.3. The average molecular weight is 279 g/mol. The molecule has 0 spiro atoms. The standard InChI is InChI=1S/C9H13N3O4.CH2F2/c10-7-1-2-12(9(15)11-7)8-3-5(14)6(4-13)16-8;2-1-3/h1-2,5-6,8,13-14H,3-4H2,(H2,10,11,15);1H2. The van der Waals surface area contributed by atoms with Crippen molar-refractivity contribution in [3.63, 3.8) is 0 Å². The first-order valence-corrected chi connectivity index (χ1v) is 5.44. The molecule has 0 aromatic carbocycles. The number of anilines is 1. The average Bonchev–Trinajstić information content (AvgIpc) is 2.71. The second-order valence-electron chi connectivity index (χ2n) is 3.76. The van der Waals surface area contributed by atoms with E-state index in [-0.39, 0.29) is 18.8 Å². The van der Waals surface area contributed by atoms with E-state index >= 15 is 0 Å². The van der Waals surface area contributed by atoms with Gasteiger partial charge < -0.3 is 20.7 Å². The zero-order valence-electron chi connectivity index (χ0n) is 9.95. The number of ether oxygens (including phenoxy) is 1. The van der Waals surface area contributed by atoms with Crippen molar-refractivity contribution in [3.8, 4) is 0 Å². The molecule has 1 aliphatic heterocycles. The molecule has 1 fully saturated rings. The predicted molar refractivity (Wildman–Crippen MR) is 61.6 cm³/mol. The fourth-order valence-corrected chi connectivity index (χ4v) is 1.70. The lowest BCUT2D eigenvalue weighted by molar-refractivity contribution is -0.0458. The Hall–Kier alpha value is -1.58. The highest BCUT2D eigenvalue weighted by Gasteiger charge is 2.34. The number of aromatic nitrogens is 2. The van der Waals surface area contributed by atoms with Crippen LogP contribution in [-0.2, 0) is 4.74 Å². The molecule has 1 aromatic rings. The summed E-state index contributed by atoms with van der Waals surface area (Å²) in [5.74, 6) is 0.138. The van der Waals surface area contributed by atoms with Gasteiger partial charge in [-0.1, -0.05) is 0 Å². The molecule has 7 nitrogen and oxygen atoms in total. The summed E-state index contributed by atoms with van der Waals surface area (Å²) < 4.78 is 25.8. The van der Waals surface area contributed by atoms with E-state index in [0.29, 0.717) is 0 Å². The summed E-state index contributed by atoms with van der Waals surface area (Å²) >= 11 is 0. The Balaban J connectivity index is 0.000000550. The normalized spacial score (nSPS) is 25.8. The molecule has 0 aliphatic carbocycles. The summed E-state index contributed by atoms with van der Waals surface area (Å²) in [5.41, 5.74) is 4.82. The highest BCUT2D eigenvalue weighted by molar-refractivity contribution is 5.23. The van der Waals surface area contributed by atoms with Crippen molar-refractivity contribution in [2.24, 2.45) is 0 Å². The predicted octanol–water partition coefficient (Wildman–Crippen LogP) is -0.651. The second-order valence-corrected chi connectivity index (χ2v) is 3.76. The van der Waals surface area contributed by atoms with Crippen molar-refractivity contribution in [2.45, 2.75) is 24.9 Å². The molecule has 9 heteroatoms. The lowest BCUT2D eigenvalue weighted by Gasteiger charge is -2.13. The summed E-state index contributed by atoms with van der Waals surface area (Å²) in [6, 6.07) is 1.48. The van der Waals surface area contributed by atoms with Crippen LogP contribution in [0.25, 0.3) is 0 Å². The van der Waals surface area contributed by atoms with Crippen LogP contribution in [0.5, 0.6) is 0 Å². The third-order valence-electron chi connectivity index (χ3n) is 2.55. The molecule has 0 saturated carbocycles. The van der Waals surface area contributed by atoms with E-state index in [2.05, 4.69) is 4.98 Å². The lowest BCUT2D eigenvalue weighted by atomic mass is 10.2. The Morgan fingerprint density at radius 2 is 2.21 bits per heavy atom. The topological polar surface area (TPSA) is 111 Å². The van der Waals surface area contributed by atoms with Gasteiger partial charge in [0.05, 0.1) is 12.7 Å². The number of halogens is 2. The van der Waals surface area contributed by atoms with Crippen LogP contribution in [-0.4, -0.2) is 45.5 Å². The number of nitrogens with two attached hydrogens (primary N) is 1. The monoisotopic (exact) mass is 279 g/mol. The van der Waals surface area contributed by atoms with Crippen molar-refractivity contribution in [1.82, 2.24) is 9.55 Å². The van der Waals surface area contributed by atoms with Gasteiger partial charge in [0.25, 0.3) is 0 Å². The summed E-state index contributed by atoms with van der Waals surface area (Å²) in [7, 11) is 0. The van der Waals surface area contributed by atoms with Gasteiger partial charge in [-0.25, -0.2) is 13.6 Å². The molecule has 1 saturated heterocycles. The molecular weight excluding hydrogens is 264 g/mol. The quantitative estimate of drug-likeness (QED) is 0.663. The lowest BCUT2D eigenvalue weighted by Crippen LogP contribution is -2.27. The fourth-order valence-electron chi connectivity index (χ4n) is 1.70. The van der Waals surface area contributed by atoms with Crippen molar-refractivity contribution in [3.05, 3.63) is 22.7 Å². The molecule has 4 N–H and O–H groups in total. The van der Waals surface area contributed by atoms with E-state index in [1.165, 1.54) is 16.8 Å². The van der Waals surface area contributed by atoms with Crippen LogP contribution in [0.1, 0.15) is 12.6 Å². The first-order valence-electron chi connectivity index (χ1n) is 5.44. The third-order valence-corrected chi connectivity index (χ3v) is 2.55. The molecule has 1 aliphatic rings. The van der Waals surface area contributed by atoms with Crippen molar-refractivity contribution in [1.29, 1.82) is 0 Å². The number of hydrogen-bond donors (Lipinski definition) is 3. The minimum Gasteiger partial charge on any atom is -0.394 e. The van der Waals surface area contributed by atoms with Crippen LogP contribution >= 0.6 is 0 Å². The number of alkyl halides is 2. The molecule has 0 radical (unpaired) electrons. The number of nitrogens with zero attached hydrogens (tertiary/aromatic N) is 2. The molecule has 19 heavy (non-hydrogen) atoms. The van der Waals surface area contributed by atoms with E-state index < -0.39 is 31.1 Å². The first-order chi connectivity index (χ1) is 9.03. The molecule has 2 rings (SSSR count). The number of aliphatic hydroxyl groups is 2. The third kappa shape index (κ3) is 3.94. The number of hydrogen-bond acceptors (Lipinski definition) is 6. The van der Waals surface area contributed by atoms with Gasteiger partial charge in [0, 0.05) is 12.6 Å². The number of rotatable bonds is 2. The maximum Gasteiger partial charge on any atom is 0.351 e. The van der Waals surface area contributed by atoms with E-state index in [4.69, 9.17) is 15.6 Å². The first kappa shape index (κ1) is 15.5. The van der Waals surface area contributed by atoms with Crippen LogP contribution in [0, 0.1) is 0 Å². The Morgan fingerprint density at radius 1 is 1.58 bits per heavy atom. The van der Waals surface area contributed by atoms with Crippen LogP contribution in [0.3, 0.4) is 0 Å². The summed E-state index contributed by atoms with van der Waals surface area (Å²) in [6.07, 6.45) is -0.333. The Labute approximate surface area is 107 Å². The molecule has 2 heterocycles. The van der Waals surface area contributed by atoms with E-state index in [0.717, 1.165) is 0 Å². The van der Waals surface area contributed by atoms with Gasteiger partial charge in [0.2, 0.25) is 6.93 Å². The summed E-state index contributed by atoms with van der Waals surface area (Å²) in [6.45, 7) is -2.03. The zero-order valence-corrected chi connectivity index (χ0v) is 9.95. The van der Waals surface area contributed by atoms with E-state index in [9.17, 15) is 18.7 Å². The molecule has 1 aromatic heterocycles. The van der Waals surface area contributed by atoms with Gasteiger partial charge in [-0.3, -0.25) is 4.57 Å². The maximum atomic E-state index is 11.5. The van der Waals surface area contributed by atoms with Gasteiger partial charge in [-0.05, 0) is 6.07 Å². The van der Waals surface area contributed by atoms with Gasteiger partial charge in [0.1, 0.15) is 18.1 Å². The summed E-state index contributed by atoms with van der Waals surface area (Å²) in [4.78, 5) is 15.0. The van der Waals surface area contributed by atoms with Gasteiger partial charge >= 0.3 is 5.69 Å². The molecule has 108 valence electrons. The fraction of sp³-hybridized carbons (Fsp3) is 0.600. The van der Waals surface area contributed by atoms with Gasteiger partial charge in [-0.2, -0.15) is 4.98 Å². The van der Waals surface area contributed by atoms with Crippen LogP contribution in [0.4, 0.5) is 14.6 Å². The minimum atomic E-state index is -1.75.